The summed E-state index contributed by atoms with van der Waals surface area (Å²) in [5.41, 5.74) is 14.5. The van der Waals surface area contributed by atoms with Gasteiger partial charge < -0.3 is 9.47 Å². The number of anilines is 3. The van der Waals surface area contributed by atoms with E-state index in [0.29, 0.717) is 0 Å². The van der Waals surface area contributed by atoms with Crippen LogP contribution in [0.5, 0.6) is 0 Å². The predicted molar refractivity (Wildman–Crippen MR) is 305 cm³/mol. The van der Waals surface area contributed by atoms with E-state index in [1.165, 1.54) is 108 Å². The van der Waals surface area contributed by atoms with Crippen LogP contribution in [0.15, 0.2) is 241 Å². The molecule has 0 unspecified atom stereocenters. The van der Waals surface area contributed by atoms with Gasteiger partial charge >= 0.3 is 0 Å². The van der Waals surface area contributed by atoms with Crippen molar-refractivity contribution in [3.63, 3.8) is 0 Å². The second-order valence-electron chi connectivity index (χ2n) is 19.4. The molecule has 0 atom stereocenters. The van der Waals surface area contributed by atoms with Gasteiger partial charge in [-0.15, -0.1) is 0 Å². The molecule has 4 nitrogen and oxygen atoms in total. The van der Waals surface area contributed by atoms with Crippen LogP contribution in [0, 0.1) is 6.92 Å². The summed E-state index contributed by atoms with van der Waals surface area (Å²) in [6, 6.07) is 76.3. The fraction of sp³-hybridized carbons (Fsp3) is 0.0462. The maximum atomic E-state index is 4.88. The van der Waals surface area contributed by atoms with Crippen LogP contribution in [0.1, 0.15) is 5.56 Å². The molecule has 3 aromatic heterocycles. The van der Waals surface area contributed by atoms with E-state index in [1.807, 2.05) is 12.4 Å². The van der Waals surface area contributed by atoms with Crippen molar-refractivity contribution in [3.8, 4) is 16.8 Å². The second kappa shape index (κ2) is 16.1. The summed E-state index contributed by atoms with van der Waals surface area (Å²) < 4.78 is 2.43. The lowest BCUT2D eigenvalue weighted by atomic mass is 9.35. The summed E-state index contributed by atoms with van der Waals surface area (Å²) in [5.74, 6) is 0. The summed E-state index contributed by atoms with van der Waals surface area (Å²) in [4.78, 5) is 14.9. The zero-order valence-electron chi connectivity index (χ0n) is 39.7. The van der Waals surface area contributed by atoms with Gasteiger partial charge in [-0.3, -0.25) is 9.97 Å². The molecule has 10 aromatic carbocycles. The topological polar surface area (TPSA) is 34.0 Å². The van der Waals surface area contributed by atoms with Crippen molar-refractivity contribution < 1.29 is 0 Å². The van der Waals surface area contributed by atoms with Gasteiger partial charge in [0.15, 0.2) is 0 Å². The Hall–Kier alpha value is -8.45. The molecule has 0 saturated heterocycles. The van der Waals surface area contributed by atoms with Gasteiger partial charge in [0, 0.05) is 69.1 Å². The van der Waals surface area contributed by atoms with Gasteiger partial charge in [0.25, 0.3) is 0 Å². The maximum Gasteiger partial charge on any atom is 0.245 e. The molecule has 1 aliphatic heterocycles. The Morgan fingerprint density at radius 3 is 1.58 bits per heavy atom. The SMILES string of the molecule is Cc1cc(-c2ccc3c4c(c5ccncc5c3c2)S(C)(C)c2c(c3ccccc3c3cnccc23)B4c2cccc(N(c3ccccc3)c3ccccc3)c2)cc(-n2c3ccccc3c3ccccc32)c1. The second-order valence-corrected chi connectivity index (χ2v) is 22.9. The van der Waals surface area contributed by atoms with Crippen molar-refractivity contribution in [2.24, 2.45) is 0 Å². The Morgan fingerprint density at radius 1 is 0.408 bits per heavy atom. The van der Waals surface area contributed by atoms with Gasteiger partial charge in [-0.2, -0.15) is 10.0 Å². The zero-order chi connectivity index (χ0) is 47.4. The van der Waals surface area contributed by atoms with Crippen molar-refractivity contribution in [2.45, 2.75) is 16.7 Å². The highest BCUT2D eigenvalue weighted by Gasteiger charge is 2.43. The molecule has 1 aliphatic rings. The number of para-hydroxylation sites is 4. The fourth-order valence-electron chi connectivity index (χ4n) is 12.2. The van der Waals surface area contributed by atoms with E-state index >= 15 is 0 Å². The first kappa shape index (κ1) is 41.5. The van der Waals surface area contributed by atoms with Crippen LogP contribution < -0.4 is 21.3 Å². The summed E-state index contributed by atoms with van der Waals surface area (Å²) in [6.07, 6.45) is 13.2. The molecule has 0 spiro atoms. The highest BCUT2D eigenvalue weighted by molar-refractivity contribution is 8.33. The van der Waals surface area contributed by atoms with Gasteiger partial charge in [0.1, 0.15) is 0 Å². The molecule has 336 valence electrons. The molecular weight excluding hydrogens is 880 g/mol. The average molecular weight is 927 g/mol. The van der Waals surface area contributed by atoms with Crippen molar-refractivity contribution in [1.82, 2.24) is 14.5 Å². The van der Waals surface area contributed by atoms with Crippen LogP contribution in [0.25, 0.3) is 81.7 Å². The van der Waals surface area contributed by atoms with E-state index in [9.17, 15) is 0 Å². The van der Waals surface area contributed by atoms with Gasteiger partial charge in [-0.05, 0) is 168 Å². The Morgan fingerprint density at radius 2 is 0.944 bits per heavy atom. The molecule has 71 heavy (non-hydrogen) atoms. The van der Waals surface area contributed by atoms with Gasteiger partial charge in [0.2, 0.25) is 6.71 Å². The van der Waals surface area contributed by atoms with Crippen LogP contribution in [0.3, 0.4) is 0 Å². The van der Waals surface area contributed by atoms with E-state index in [1.54, 1.807) is 0 Å². The number of fused-ring (bicyclic) bond motifs is 15. The largest absolute Gasteiger partial charge is 0.311 e. The molecule has 14 rings (SSSR count). The van der Waals surface area contributed by atoms with Crippen molar-refractivity contribution in [3.05, 3.63) is 237 Å². The quantitative estimate of drug-likeness (QED) is 0.123. The van der Waals surface area contributed by atoms with Crippen LogP contribution in [0.4, 0.5) is 17.1 Å². The van der Waals surface area contributed by atoms with E-state index in [-0.39, 0.29) is 6.71 Å². The minimum absolute atomic E-state index is 0.108. The molecule has 6 heteroatoms. The normalized spacial score (nSPS) is 13.5. The molecule has 13 aromatic rings. The number of hydrogen-bond acceptors (Lipinski definition) is 3. The molecule has 0 N–H and O–H groups in total. The van der Waals surface area contributed by atoms with Gasteiger partial charge in [0.05, 0.1) is 11.0 Å². The molecule has 0 aliphatic carbocycles. The summed E-state index contributed by atoms with van der Waals surface area (Å²) in [7, 11) is -1.69. The van der Waals surface area contributed by atoms with E-state index < -0.39 is 10.0 Å². The predicted octanol–water partition coefficient (Wildman–Crippen LogP) is 14.9. The highest BCUT2D eigenvalue weighted by Crippen LogP contribution is 2.62. The minimum Gasteiger partial charge on any atom is -0.311 e. The van der Waals surface area contributed by atoms with Crippen molar-refractivity contribution >= 4 is 115 Å². The van der Waals surface area contributed by atoms with Crippen LogP contribution in [0.2, 0.25) is 0 Å². The number of pyridine rings is 2. The molecule has 0 amide bonds. The third-order valence-corrected chi connectivity index (χ3v) is 18.0. The number of nitrogens with zero attached hydrogens (tertiary/aromatic N) is 4. The Balaban J connectivity index is 1.06. The molecule has 0 fully saturated rings. The Labute approximate surface area is 414 Å². The molecule has 0 saturated carbocycles. The van der Waals surface area contributed by atoms with Crippen LogP contribution >= 0.6 is 10.0 Å². The third kappa shape index (κ3) is 6.34. The first-order valence-electron chi connectivity index (χ1n) is 24.4. The third-order valence-electron chi connectivity index (χ3n) is 15.1. The van der Waals surface area contributed by atoms with E-state index in [2.05, 4.69) is 248 Å². The molecule has 0 bridgehead atoms. The summed E-state index contributed by atoms with van der Waals surface area (Å²) >= 11 is 0. The lowest BCUT2D eigenvalue weighted by molar-refractivity contribution is 1.17. The summed E-state index contributed by atoms with van der Waals surface area (Å²) in [5, 5.41) is 12.5. The van der Waals surface area contributed by atoms with Gasteiger partial charge in [-0.25, -0.2) is 0 Å². The van der Waals surface area contributed by atoms with Gasteiger partial charge in [-0.1, -0.05) is 133 Å². The van der Waals surface area contributed by atoms with Crippen LogP contribution in [-0.4, -0.2) is 33.8 Å². The molecule has 0 radical (unpaired) electrons. The number of hydrogen-bond donors (Lipinski definition) is 0. The van der Waals surface area contributed by atoms with Crippen LogP contribution in [-0.2, 0) is 0 Å². The lowest BCUT2D eigenvalue weighted by Gasteiger charge is -2.45. The Bertz CT molecular complexity index is 4200. The first-order valence-corrected chi connectivity index (χ1v) is 26.8. The van der Waals surface area contributed by atoms with Crippen molar-refractivity contribution in [1.29, 1.82) is 0 Å². The fourth-order valence-corrected chi connectivity index (χ4v) is 15.5. The van der Waals surface area contributed by atoms with E-state index in [4.69, 9.17) is 9.97 Å². The number of aryl methyl sites for hydroxylation is 1. The molecular formula is C65H47BN4S. The standard InChI is InChI=1S/C65H47BN4S/c1-42-35-44(37-49(36-42)70-60-27-14-12-24-51(60)52-25-13-15-28-61(52)70)43-29-30-54-57(38-43)59-41-68-34-32-56(59)65-63(54)66(62-53-26-11-10-23-50(53)58-40-67-33-31-55(58)64(62)71(65,2)3)45-17-16-22-48(39-45)69(46-18-6-4-7-19-46)47-20-8-5-9-21-47/h4-41H,1-3H3. The molecule has 4 heterocycles. The van der Waals surface area contributed by atoms with Crippen molar-refractivity contribution in [2.75, 3.05) is 17.4 Å². The maximum absolute atomic E-state index is 4.88. The zero-order valence-corrected chi connectivity index (χ0v) is 40.5. The lowest BCUT2D eigenvalue weighted by Crippen LogP contribution is -2.57. The van der Waals surface area contributed by atoms with E-state index in [0.717, 1.165) is 22.7 Å². The number of benzene rings is 10. The Kier molecular flexibility index (Phi) is 9.39. The minimum atomic E-state index is -1.69. The first-order chi connectivity index (χ1) is 34.9. The number of rotatable bonds is 6. The monoisotopic (exact) mass is 926 g/mol. The highest BCUT2D eigenvalue weighted by atomic mass is 32.3. The summed E-state index contributed by atoms with van der Waals surface area (Å²) in [6.45, 7) is 2.11. The average Bonchev–Trinajstić information content (AvgIpc) is 3.76. The smallest absolute Gasteiger partial charge is 0.245 e. The number of aromatic nitrogens is 3.